The second-order valence-electron chi connectivity index (χ2n) is 8.85. The molecule has 0 bridgehead atoms. The largest absolute Gasteiger partial charge is 0.497 e. The van der Waals surface area contributed by atoms with Crippen LogP contribution in [0.3, 0.4) is 0 Å². The third kappa shape index (κ3) is 2.64. The van der Waals surface area contributed by atoms with Crippen molar-refractivity contribution in [2.24, 2.45) is 10.7 Å². The molecule has 0 saturated carbocycles. The fourth-order valence-corrected chi connectivity index (χ4v) is 5.60. The number of carbonyl (C=O) groups is 2. The first kappa shape index (κ1) is 22.0. The maximum atomic E-state index is 13.2. The van der Waals surface area contributed by atoms with Gasteiger partial charge in [-0.15, -0.1) is 0 Å². The van der Waals surface area contributed by atoms with Crippen molar-refractivity contribution in [2.75, 3.05) is 13.7 Å². The monoisotopic (exact) mass is 481 g/mol. The van der Waals surface area contributed by atoms with Crippen molar-refractivity contribution < 1.29 is 23.8 Å². The van der Waals surface area contributed by atoms with Gasteiger partial charge in [-0.2, -0.15) is 0 Å². The van der Waals surface area contributed by atoms with Crippen molar-refractivity contribution in [3.05, 3.63) is 81.5 Å². The number of methoxy groups -OCH3 is 1. The van der Waals surface area contributed by atoms with Crippen molar-refractivity contribution >= 4 is 29.0 Å². The molecule has 0 saturated heterocycles. The average Bonchev–Trinajstić information content (AvgIpc) is 3.29. The third-order valence-electron chi connectivity index (χ3n) is 6.90. The molecule has 180 valence electrons. The standard InChI is InChI=1S/C28H23N3O5/c1-5-35-27(33)20-13(2)30-25-17-8-6-7-9-19(17)28(36-14(3)32)21-23(29)18-12-15(34-4)10-11-16(18)24(21)31-26(20)22(25)28/h6-12H,5,29H2,1-4H3/t28-/m1/s1. The number of hydrogen-bond acceptors (Lipinski definition) is 8. The van der Waals surface area contributed by atoms with Gasteiger partial charge in [0.25, 0.3) is 0 Å². The lowest BCUT2D eigenvalue weighted by atomic mass is 9.78. The lowest BCUT2D eigenvalue weighted by Gasteiger charge is -2.37. The van der Waals surface area contributed by atoms with Gasteiger partial charge in [-0.1, -0.05) is 24.3 Å². The highest BCUT2D eigenvalue weighted by Crippen LogP contribution is 2.62. The van der Waals surface area contributed by atoms with E-state index in [1.807, 2.05) is 42.5 Å². The molecule has 0 spiro atoms. The molecule has 0 unspecified atom stereocenters. The number of aliphatic imine (C=N–C) groups is 1. The lowest BCUT2D eigenvalue weighted by Crippen LogP contribution is -2.39. The minimum atomic E-state index is -1.43. The van der Waals surface area contributed by atoms with Gasteiger partial charge in [0.1, 0.15) is 11.3 Å². The predicted octanol–water partition coefficient (Wildman–Crippen LogP) is 4.18. The summed E-state index contributed by atoms with van der Waals surface area (Å²) in [6, 6.07) is 13.1. The van der Waals surface area contributed by atoms with Crippen LogP contribution in [0.4, 0.5) is 5.69 Å². The van der Waals surface area contributed by atoms with E-state index < -0.39 is 17.5 Å². The highest BCUT2D eigenvalue weighted by molar-refractivity contribution is 6.28. The van der Waals surface area contributed by atoms with Crippen molar-refractivity contribution in [1.29, 1.82) is 0 Å². The van der Waals surface area contributed by atoms with Crippen LogP contribution in [0.5, 0.6) is 5.75 Å². The van der Waals surface area contributed by atoms with Crippen molar-refractivity contribution in [1.82, 2.24) is 4.98 Å². The van der Waals surface area contributed by atoms with Gasteiger partial charge in [0.05, 0.1) is 47.6 Å². The Morgan fingerprint density at radius 1 is 1.08 bits per heavy atom. The zero-order valence-corrected chi connectivity index (χ0v) is 20.3. The molecule has 3 aromatic rings. The average molecular weight is 482 g/mol. The summed E-state index contributed by atoms with van der Waals surface area (Å²) in [6.45, 7) is 5.05. The number of carbonyl (C=O) groups excluding carboxylic acids is 2. The number of aromatic nitrogens is 1. The summed E-state index contributed by atoms with van der Waals surface area (Å²) in [5, 5.41) is 0. The minimum absolute atomic E-state index is 0.196. The first-order chi connectivity index (χ1) is 17.3. The molecule has 1 aromatic heterocycles. The summed E-state index contributed by atoms with van der Waals surface area (Å²) in [6.07, 6.45) is 0. The molecule has 1 atom stereocenters. The number of nitrogens with zero attached hydrogens (tertiary/aromatic N) is 2. The molecule has 0 fully saturated rings. The number of pyridine rings is 1. The van der Waals surface area contributed by atoms with E-state index in [0.717, 1.165) is 22.3 Å². The van der Waals surface area contributed by atoms with Gasteiger partial charge in [-0.3, -0.25) is 9.78 Å². The van der Waals surface area contributed by atoms with Crippen LogP contribution in [0.15, 0.2) is 53.0 Å². The molecule has 2 aliphatic carbocycles. The molecular weight excluding hydrogens is 458 g/mol. The number of rotatable bonds is 4. The first-order valence-corrected chi connectivity index (χ1v) is 11.6. The van der Waals surface area contributed by atoms with Crippen LogP contribution in [0.1, 0.15) is 52.2 Å². The van der Waals surface area contributed by atoms with E-state index in [1.165, 1.54) is 6.92 Å². The Labute approximate surface area is 207 Å². The maximum absolute atomic E-state index is 13.2. The van der Waals surface area contributed by atoms with Crippen LogP contribution >= 0.6 is 0 Å². The molecular formula is C28H23N3O5. The summed E-state index contributed by atoms with van der Waals surface area (Å²) >= 11 is 0. The van der Waals surface area contributed by atoms with Gasteiger partial charge < -0.3 is 19.9 Å². The van der Waals surface area contributed by atoms with Crippen LogP contribution in [0, 0.1) is 6.92 Å². The van der Waals surface area contributed by atoms with Crippen molar-refractivity contribution in [2.45, 2.75) is 26.4 Å². The fraction of sp³-hybridized carbons (Fsp3) is 0.214. The smallest absolute Gasteiger partial charge is 0.342 e. The summed E-state index contributed by atoms with van der Waals surface area (Å²) in [4.78, 5) is 35.7. The van der Waals surface area contributed by atoms with E-state index in [-0.39, 0.29) is 12.2 Å². The Morgan fingerprint density at radius 3 is 2.58 bits per heavy atom. The molecule has 8 nitrogen and oxygen atoms in total. The number of fused-ring (bicyclic) bond motifs is 7. The molecule has 8 heteroatoms. The summed E-state index contributed by atoms with van der Waals surface area (Å²) in [7, 11) is 1.58. The second kappa shape index (κ2) is 7.52. The maximum Gasteiger partial charge on any atom is 0.342 e. The number of ether oxygens (including phenoxy) is 3. The molecule has 1 aliphatic heterocycles. The van der Waals surface area contributed by atoms with Gasteiger partial charge >= 0.3 is 11.9 Å². The minimum Gasteiger partial charge on any atom is -0.497 e. The Balaban J connectivity index is 1.81. The van der Waals surface area contributed by atoms with Gasteiger partial charge in [0, 0.05) is 34.9 Å². The Morgan fingerprint density at radius 2 is 1.86 bits per heavy atom. The lowest BCUT2D eigenvalue weighted by molar-refractivity contribution is -0.150. The topological polar surface area (TPSA) is 113 Å². The Kier molecular flexibility index (Phi) is 4.60. The van der Waals surface area contributed by atoms with Gasteiger partial charge in [0.2, 0.25) is 0 Å². The van der Waals surface area contributed by atoms with Gasteiger partial charge in [0.15, 0.2) is 5.60 Å². The normalized spacial score (nSPS) is 18.1. The molecule has 0 amide bonds. The zero-order chi connectivity index (χ0) is 25.4. The molecule has 2 aromatic carbocycles. The van der Waals surface area contributed by atoms with Crippen LogP contribution in [0.25, 0.3) is 17.0 Å². The summed E-state index contributed by atoms with van der Waals surface area (Å²) in [5.41, 5.74) is 12.1. The Hall–Kier alpha value is -4.46. The quantitative estimate of drug-likeness (QED) is 0.556. The SMILES string of the molecule is CCOC(=O)c1c(C)nc2c3c1N=C1C(=C(N)c4cc(OC)ccc41)[C@]3(OC(C)=O)c1ccccc1-2. The zero-order valence-electron chi connectivity index (χ0n) is 20.3. The van der Waals surface area contributed by atoms with Crippen LogP contribution in [-0.4, -0.2) is 36.4 Å². The third-order valence-corrected chi connectivity index (χ3v) is 6.90. The molecule has 36 heavy (non-hydrogen) atoms. The summed E-state index contributed by atoms with van der Waals surface area (Å²) < 4.78 is 17.1. The number of nitrogens with two attached hydrogens (primary N) is 1. The highest BCUT2D eigenvalue weighted by Gasteiger charge is 2.58. The summed E-state index contributed by atoms with van der Waals surface area (Å²) in [5.74, 6) is -0.407. The Bertz CT molecular complexity index is 1590. The molecule has 6 rings (SSSR count). The van der Waals surface area contributed by atoms with Crippen molar-refractivity contribution in [3.8, 4) is 17.0 Å². The predicted molar refractivity (Wildman–Crippen MR) is 133 cm³/mol. The molecule has 0 radical (unpaired) electrons. The molecule has 3 aliphatic rings. The van der Waals surface area contributed by atoms with Crippen LogP contribution in [-0.2, 0) is 19.9 Å². The first-order valence-electron chi connectivity index (χ1n) is 11.6. The molecule has 2 N–H and O–H groups in total. The van der Waals surface area contributed by atoms with E-state index >= 15 is 0 Å². The molecule has 2 heterocycles. The van der Waals surface area contributed by atoms with E-state index in [2.05, 4.69) is 0 Å². The second-order valence-corrected chi connectivity index (χ2v) is 8.85. The number of esters is 2. The van der Waals surface area contributed by atoms with E-state index in [1.54, 1.807) is 21.0 Å². The highest BCUT2D eigenvalue weighted by atomic mass is 16.6. The van der Waals surface area contributed by atoms with E-state index in [4.69, 9.17) is 29.9 Å². The number of benzene rings is 2. The van der Waals surface area contributed by atoms with Gasteiger partial charge in [-0.25, -0.2) is 9.79 Å². The number of hydrogen-bond donors (Lipinski definition) is 1. The number of aryl methyl sites for hydroxylation is 1. The van der Waals surface area contributed by atoms with Crippen LogP contribution in [0.2, 0.25) is 0 Å². The van der Waals surface area contributed by atoms with Gasteiger partial charge in [-0.05, 0) is 32.0 Å². The van der Waals surface area contributed by atoms with E-state index in [9.17, 15) is 9.59 Å². The van der Waals surface area contributed by atoms with E-state index in [0.29, 0.717) is 45.4 Å². The van der Waals surface area contributed by atoms with Crippen molar-refractivity contribution in [3.63, 3.8) is 0 Å². The fourth-order valence-electron chi connectivity index (χ4n) is 5.60. The van der Waals surface area contributed by atoms with Crippen LogP contribution < -0.4 is 10.5 Å².